The van der Waals surface area contributed by atoms with Gasteiger partial charge in [-0.05, 0) is 38.8 Å². The van der Waals surface area contributed by atoms with Crippen LogP contribution in [0.15, 0.2) is 24.3 Å². The van der Waals surface area contributed by atoms with Gasteiger partial charge in [-0.1, -0.05) is 31.5 Å². The summed E-state index contributed by atoms with van der Waals surface area (Å²) in [4.78, 5) is 12.7. The normalized spacial score (nSPS) is 22.8. The quantitative estimate of drug-likeness (QED) is 0.847. The van der Waals surface area contributed by atoms with Crippen molar-refractivity contribution in [1.82, 2.24) is 10.6 Å². The highest BCUT2D eigenvalue weighted by Crippen LogP contribution is 2.28. The smallest absolute Gasteiger partial charge is 0.240 e. The minimum absolute atomic E-state index is 0.0650. The number of amides is 1. The van der Waals surface area contributed by atoms with Crippen molar-refractivity contribution in [3.63, 3.8) is 0 Å². The fourth-order valence-electron chi connectivity index (χ4n) is 3.19. The average molecular weight is 290 g/mol. The second-order valence-corrected chi connectivity index (χ2v) is 5.80. The van der Waals surface area contributed by atoms with E-state index < -0.39 is 0 Å². The molecule has 1 heterocycles. The van der Waals surface area contributed by atoms with Gasteiger partial charge in [0.05, 0.1) is 18.7 Å². The van der Waals surface area contributed by atoms with Crippen LogP contribution < -0.4 is 15.4 Å². The Labute approximate surface area is 127 Å². The van der Waals surface area contributed by atoms with Gasteiger partial charge in [0, 0.05) is 5.56 Å². The summed E-state index contributed by atoms with van der Waals surface area (Å²) in [6.07, 6.45) is 3.88. The Balaban J connectivity index is 2.11. The van der Waals surface area contributed by atoms with Crippen LogP contribution in [0.4, 0.5) is 0 Å². The van der Waals surface area contributed by atoms with Crippen LogP contribution in [-0.4, -0.2) is 25.1 Å². The van der Waals surface area contributed by atoms with Gasteiger partial charge >= 0.3 is 0 Å². The van der Waals surface area contributed by atoms with Gasteiger partial charge in [-0.25, -0.2) is 0 Å². The lowest BCUT2D eigenvalue weighted by Gasteiger charge is -2.30. The van der Waals surface area contributed by atoms with Gasteiger partial charge in [0.15, 0.2) is 0 Å². The largest absolute Gasteiger partial charge is 0.496 e. The van der Waals surface area contributed by atoms with E-state index in [-0.39, 0.29) is 17.5 Å². The zero-order valence-corrected chi connectivity index (χ0v) is 13.2. The van der Waals surface area contributed by atoms with Crippen LogP contribution in [0.2, 0.25) is 0 Å². The second-order valence-electron chi connectivity index (χ2n) is 5.80. The zero-order valence-electron chi connectivity index (χ0n) is 13.2. The molecule has 1 aliphatic rings. The summed E-state index contributed by atoms with van der Waals surface area (Å²) in [5.41, 5.74) is 0.628. The molecule has 1 fully saturated rings. The molecule has 0 bridgehead atoms. The Morgan fingerprint density at radius 3 is 2.86 bits per heavy atom. The molecule has 1 unspecified atom stereocenters. The minimum Gasteiger partial charge on any atom is -0.496 e. The van der Waals surface area contributed by atoms with Crippen LogP contribution in [0, 0.1) is 0 Å². The Morgan fingerprint density at radius 1 is 1.48 bits per heavy atom. The van der Waals surface area contributed by atoms with Gasteiger partial charge in [0.2, 0.25) is 5.91 Å². The average Bonchev–Trinajstić information content (AvgIpc) is 2.97. The van der Waals surface area contributed by atoms with E-state index in [9.17, 15) is 4.79 Å². The van der Waals surface area contributed by atoms with E-state index >= 15 is 0 Å². The Kier molecular flexibility index (Phi) is 5.23. The molecular weight excluding hydrogens is 264 g/mol. The summed E-state index contributed by atoms with van der Waals surface area (Å²) in [5.74, 6) is 0.925. The maximum absolute atomic E-state index is 12.7. The highest BCUT2D eigenvalue weighted by atomic mass is 16.5. The number of hydrogen-bond acceptors (Lipinski definition) is 3. The molecule has 1 aromatic rings. The number of rotatable bonds is 6. The summed E-state index contributed by atoms with van der Waals surface area (Å²) < 4.78 is 5.38. The zero-order chi connectivity index (χ0) is 15.3. The van der Waals surface area contributed by atoms with E-state index in [2.05, 4.69) is 17.6 Å². The molecule has 0 spiro atoms. The van der Waals surface area contributed by atoms with Gasteiger partial charge in [-0.3, -0.25) is 4.79 Å². The molecule has 21 heavy (non-hydrogen) atoms. The van der Waals surface area contributed by atoms with E-state index in [1.165, 1.54) is 0 Å². The monoisotopic (exact) mass is 290 g/mol. The first-order chi connectivity index (χ1) is 10.1. The Bertz CT molecular complexity index is 481. The molecule has 0 aliphatic carbocycles. The van der Waals surface area contributed by atoms with Crippen LogP contribution in [0.3, 0.4) is 0 Å². The highest BCUT2D eigenvalue weighted by molar-refractivity contribution is 5.87. The molecule has 1 aromatic carbocycles. The number of para-hydroxylation sites is 1. The number of carbonyl (C=O) groups is 1. The van der Waals surface area contributed by atoms with E-state index in [1.54, 1.807) is 7.11 Å². The van der Waals surface area contributed by atoms with Gasteiger partial charge < -0.3 is 15.4 Å². The molecule has 4 nitrogen and oxygen atoms in total. The summed E-state index contributed by atoms with van der Waals surface area (Å²) >= 11 is 0. The van der Waals surface area contributed by atoms with E-state index in [1.807, 2.05) is 31.2 Å². The minimum atomic E-state index is -0.384. The van der Waals surface area contributed by atoms with E-state index in [4.69, 9.17) is 4.74 Å². The second kappa shape index (κ2) is 6.94. The standard InChI is InChI=1S/C17H26N2O2/c1-4-10-17(11-7-12-18-17)16(20)19-13(2)14-8-5-6-9-15(14)21-3/h5-6,8-9,13,18H,4,7,10-12H2,1-3H3,(H,19,20)/t13-,17?/m0/s1. The summed E-state index contributed by atoms with van der Waals surface area (Å²) in [7, 11) is 1.66. The van der Waals surface area contributed by atoms with Crippen LogP contribution in [0.25, 0.3) is 0 Å². The van der Waals surface area contributed by atoms with Crippen molar-refractivity contribution in [3.05, 3.63) is 29.8 Å². The van der Waals surface area contributed by atoms with Crippen LogP contribution in [0.1, 0.15) is 51.1 Å². The third-order valence-electron chi connectivity index (χ3n) is 4.31. The van der Waals surface area contributed by atoms with Crippen LogP contribution >= 0.6 is 0 Å². The molecule has 1 amide bonds. The summed E-state index contributed by atoms with van der Waals surface area (Å²) in [6.45, 7) is 5.06. The molecule has 116 valence electrons. The Morgan fingerprint density at radius 2 is 2.24 bits per heavy atom. The number of carbonyl (C=O) groups excluding carboxylic acids is 1. The highest BCUT2D eigenvalue weighted by Gasteiger charge is 2.40. The molecule has 0 saturated carbocycles. The van der Waals surface area contributed by atoms with Crippen molar-refractivity contribution in [2.24, 2.45) is 0 Å². The molecule has 2 atom stereocenters. The van der Waals surface area contributed by atoms with Crippen molar-refractivity contribution < 1.29 is 9.53 Å². The molecule has 1 saturated heterocycles. The van der Waals surface area contributed by atoms with Gasteiger partial charge in [-0.2, -0.15) is 0 Å². The first-order valence-corrected chi connectivity index (χ1v) is 7.82. The first kappa shape index (κ1) is 15.8. The fraction of sp³-hybridized carbons (Fsp3) is 0.588. The molecule has 0 aromatic heterocycles. The lowest BCUT2D eigenvalue weighted by molar-refractivity contribution is -0.128. The molecule has 2 rings (SSSR count). The van der Waals surface area contributed by atoms with Crippen molar-refractivity contribution in [2.75, 3.05) is 13.7 Å². The number of nitrogens with one attached hydrogen (secondary N) is 2. The van der Waals surface area contributed by atoms with Crippen molar-refractivity contribution in [1.29, 1.82) is 0 Å². The number of hydrogen-bond donors (Lipinski definition) is 2. The third kappa shape index (κ3) is 3.38. The predicted molar refractivity (Wildman–Crippen MR) is 84.4 cm³/mol. The van der Waals surface area contributed by atoms with E-state index in [0.717, 1.165) is 43.5 Å². The van der Waals surface area contributed by atoms with Gasteiger partial charge in [0.1, 0.15) is 5.75 Å². The SMILES string of the molecule is CCCC1(C(=O)N[C@@H](C)c2ccccc2OC)CCCN1. The van der Waals surface area contributed by atoms with Crippen LogP contribution in [0.5, 0.6) is 5.75 Å². The summed E-state index contributed by atoms with van der Waals surface area (Å²) in [5, 5.41) is 6.57. The molecule has 0 radical (unpaired) electrons. The van der Waals surface area contributed by atoms with Crippen molar-refractivity contribution in [3.8, 4) is 5.75 Å². The van der Waals surface area contributed by atoms with Crippen molar-refractivity contribution >= 4 is 5.91 Å². The molecule has 1 aliphatic heterocycles. The molecule has 4 heteroatoms. The van der Waals surface area contributed by atoms with E-state index in [0.29, 0.717) is 0 Å². The molecule has 2 N–H and O–H groups in total. The lowest BCUT2D eigenvalue weighted by Crippen LogP contribution is -2.53. The topological polar surface area (TPSA) is 50.4 Å². The maximum atomic E-state index is 12.7. The van der Waals surface area contributed by atoms with Crippen molar-refractivity contribution in [2.45, 2.75) is 51.1 Å². The maximum Gasteiger partial charge on any atom is 0.240 e. The third-order valence-corrected chi connectivity index (χ3v) is 4.31. The first-order valence-electron chi connectivity index (χ1n) is 7.82. The van der Waals surface area contributed by atoms with Crippen LogP contribution in [-0.2, 0) is 4.79 Å². The van der Waals surface area contributed by atoms with Gasteiger partial charge in [-0.15, -0.1) is 0 Å². The number of benzene rings is 1. The summed E-state index contributed by atoms with van der Waals surface area (Å²) in [6, 6.07) is 7.76. The number of methoxy groups -OCH3 is 1. The number of ether oxygens (including phenoxy) is 1. The molecular formula is C17H26N2O2. The fourth-order valence-corrected chi connectivity index (χ4v) is 3.19. The van der Waals surface area contributed by atoms with Gasteiger partial charge in [0.25, 0.3) is 0 Å². The predicted octanol–water partition coefficient (Wildman–Crippen LogP) is 2.79. The lowest BCUT2D eigenvalue weighted by atomic mass is 9.90. The Hall–Kier alpha value is -1.55.